The molecule has 2 aromatic rings. The van der Waals surface area contributed by atoms with Gasteiger partial charge in [-0.05, 0) is 38.8 Å². The number of rotatable bonds is 6. The average Bonchev–Trinajstić information content (AvgIpc) is 2.51. The molecule has 0 radical (unpaired) electrons. The molecule has 0 aliphatic rings. The van der Waals surface area contributed by atoms with Crippen molar-refractivity contribution in [3.8, 4) is 0 Å². The van der Waals surface area contributed by atoms with Gasteiger partial charge in [0.15, 0.2) is 5.16 Å². The molecule has 1 N–H and O–H groups in total. The Morgan fingerprint density at radius 2 is 1.74 bits per heavy atom. The lowest BCUT2D eigenvalue weighted by molar-refractivity contribution is -0.119. The summed E-state index contributed by atoms with van der Waals surface area (Å²) in [5.41, 5.74) is 4.20. The zero-order valence-corrected chi connectivity index (χ0v) is 14.9. The highest BCUT2D eigenvalue weighted by atomic mass is 32.2. The maximum atomic E-state index is 12.2. The van der Waals surface area contributed by atoms with E-state index < -0.39 is 0 Å². The van der Waals surface area contributed by atoms with Crippen molar-refractivity contribution in [1.82, 2.24) is 15.3 Å². The molecule has 0 aliphatic heterocycles. The van der Waals surface area contributed by atoms with Gasteiger partial charge in [-0.25, -0.2) is 9.97 Å². The Morgan fingerprint density at radius 3 is 2.30 bits per heavy atom. The summed E-state index contributed by atoms with van der Waals surface area (Å²) in [6.45, 7) is 8.00. The van der Waals surface area contributed by atoms with Crippen molar-refractivity contribution >= 4 is 17.7 Å². The summed E-state index contributed by atoms with van der Waals surface area (Å²) >= 11 is 1.37. The van der Waals surface area contributed by atoms with Crippen LogP contribution in [0.1, 0.15) is 41.9 Å². The molecule has 0 bridgehead atoms. The number of hydrogen-bond acceptors (Lipinski definition) is 4. The lowest BCUT2D eigenvalue weighted by atomic mass is 10.0. The van der Waals surface area contributed by atoms with Gasteiger partial charge in [0.05, 0.1) is 11.8 Å². The predicted octanol–water partition coefficient (Wildman–Crippen LogP) is 3.76. The maximum Gasteiger partial charge on any atom is 0.230 e. The Labute approximate surface area is 142 Å². The minimum atomic E-state index is 0.00480. The van der Waals surface area contributed by atoms with Crippen molar-refractivity contribution in [3.63, 3.8) is 0 Å². The normalized spacial score (nSPS) is 12.0. The van der Waals surface area contributed by atoms with Crippen LogP contribution in [0.15, 0.2) is 35.5 Å². The SMILES string of the molecule is CCC(NC(=O)CSc1nc(C)cc(C)n1)c1ccc(C)cc1. The van der Waals surface area contributed by atoms with Crippen LogP contribution in [0.2, 0.25) is 0 Å². The largest absolute Gasteiger partial charge is 0.349 e. The van der Waals surface area contributed by atoms with Gasteiger partial charge in [0.2, 0.25) is 5.91 Å². The molecule has 0 spiro atoms. The molecule has 0 aliphatic carbocycles. The number of carbonyl (C=O) groups is 1. The molecule has 1 unspecified atom stereocenters. The molecule has 0 fully saturated rings. The second-order valence-corrected chi connectivity index (χ2v) is 6.60. The molecule has 23 heavy (non-hydrogen) atoms. The predicted molar refractivity (Wildman–Crippen MR) is 94.6 cm³/mol. The van der Waals surface area contributed by atoms with Crippen LogP contribution in [-0.2, 0) is 4.79 Å². The highest BCUT2D eigenvalue weighted by Crippen LogP contribution is 2.18. The van der Waals surface area contributed by atoms with E-state index in [0.29, 0.717) is 10.9 Å². The minimum absolute atomic E-state index is 0.00480. The summed E-state index contributed by atoms with van der Waals surface area (Å²) < 4.78 is 0. The van der Waals surface area contributed by atoms with E-state index in [4.69, 9.17) is 0 Å². The molecule has 1 heterocycles. The molecule has 5 heteroatoms. The van der Waals surface area contributed by atoms with Crippen LogP contribution in [-0.4, -0.2) is 21.6 Å². The summed E-state index contributed by atoms with van der Waals surface area (Å²) in [5.74, 6) is 0.329. The Bertz CT molecular complexity index is 650. The summed E-state index contributed by atoms with van der Waals surface area (Å²) in [4.78, 5) is 20.9. The Balaban J connectivity index is 1.93. The Morgan fingerprint density at radius 1 is 1.13 bits per heavy atom. The minimum Gasteiger partial charge on any atom is -0.349 e. The van der Waals surface area contributed by atoms with Gasteiger partial charge in [0, 0.05) is 11.4 Å². The lowest BCUT2D eigenvalue weighted by Crippen LogP contribution is -2.29. The number of hydrogen-bond donors (Lipinski definition) is 1. The number of amides is 1. The zero-order valence-electron chi connectivity index (χ0n) is 14.1. The van der Waals surface area contributed by atoms with Crippen molar-refractivity contribution in [2.24, 2.45) is 0 Å². The average molecular weight is 329 g/mol. The van der Waals surface area contributed by atoms with Crippen molar-refractivity contribution < 1.29 is 4.79 Å². The molecular formula is C18H23N3OS. The number of aromatic nitrogens is 2. The monoisotopic (exact) mass is 329 g/mol. The van der Waals surface area contributed by atoms with Crippen molar-refractivity contribution in [2.45, 2.75) is 45.3 Å². The molecule has 0 saturated heterocycles. The summed E-state index contributed by atoms with van der Waals surface area (Å²) in [6.07, 6.45) is 0.861. The first kappa shape index (κ1) is 17.5. The fourth-order valence-corrected chi connectivity index (χ4v) is 3.10. The van der Waals surface area contributed by atoms with Gasteiger partial charge in [0.1, 0.15) is 0 Å². The lowest BCUT2D eigenvalue weighted by Gasteiger charge is -2.17. The topological polar surface area (TPSA) is 54.9 Å². The maximum absolute atomic E-state index is 12.2. The van der Waals surface area contributed by atoms with Gasteiger partial charge in [-0.1, -0.05) is 48.5 Å². The highest BCUT2D eigenvalue weighted by Gasteiger charge is 2.13. The second kappa shape index (κ2) is 8.11. The van der Waals surface area contributed by atoms with Gasteiger partial charge in [-0.3, -0.25) is 4.79 Å². The first-order chi connectivity index (χ1) is 11.0. The molecule has 0 saturated carbocycles. The fourth-order valence-electron chi connectivity index (χ4n) is 2.34. The smallest absolute Gasteiger partial charge is 0.230 e. The molecule has 4 nitrogen and oxygen atoms in total. The molecule has 1 aromatic heterocycles. The number of carbonyl (C=O) groups excluding carboxylic acids is 1. The third-order valence-electron chi connectivity index (χ3n) is 3.52. The summed E-state index contributed by atoms with van der Waals surface area (Å²) in [6, 6.07) is 10.3. The first-order valence-electron chi connectivity index (χ1n) is 7.79. The van der Waals surface area contributed by atoms with Gasteiger partial charge in [-0.2, -0.15) is 0 Å². The third kappa shape index (κ3) is 5.36. The van der Waals surface area contributed by atoms with Crippen LogP contribution >= 0.6 is 11.8 Å². The van der Waals surface area contributed by atoms with Crippen molar-refractivity contribution in [3.05, 3.63) is 52.8 Å². The number of aryl methyl sites for hydroxylation is 3. The first-order valence-corrected chi connectivity index (χ1v) is 8.77. The highest BCUT2D eigenvalue weighted by molar-refractivity contribution is 7.99. The molecule has 2 rings (SSSR count). The van der Waals surface area contributed by atoms with Gasteiger partial charge in [0.25, 0.3) is 0 Å². The molecule has 1 atom stereocenters. The summed E-state index contributed by atoms with van der Waals surface area (Å²) in [7, 11) is 0. The van der Waals surface area contributed by atoms with Gasteiger partial charge >= 0.3 is 0 Å². The van der Waals surface area contributed by atoms with E-state index in [1.807, 2.05) is 19.9 Å². The van der Waals surface area contributed by atoms with Crippen LogP contribution in [0.3, 0.4) is 0 Å². The zero-order chi connectivity index (χ0) is 16.8. The number of benzene rings is 1. The fraction of sp³-hybridized carbons (Fsp3) is 0.389. The number of thioether (sulfide) groups is 1. The van der Waals surface area contributed by atoms with E-state index in [1.165, 1.54) is 17.3 Å². The quantitative estimate of drug-likeness (QED) is 0.647. The molecule has 1 amide bonds. The van der Waals surface area contributed by atoms with Crippen molar-refractivity contribution in [1.29, 1.82) is 0 Å². The standard InChI is InChI=1S/C18H23N3OS/c1-5-16(15-8-6-12(2)7-9-15)21-17(22)11-23-18-19-13(3)10-14(4)20-18/h6-10,16H,5,11H2,1-4H3,(H,21,22). The van der Waals surface area contributed by atoms with Gasteiger partial charge in [-0.15, -0.1) is 0 Å². The van der Waals surface area contributed by atoms with Crippen LogP contribution in [0.25, 0.3) is 0 Å². The summed E-state index contributed by atoms with van der Waals surface area (Å²) in [5, 5.41) is 3.74. The second-order valence-electron chi connectivity index (χ2n) is 5.66. The van der Waals surface area contributed by atoms with Crippen LogP contribution in [0, 0.1) is 20.8 Å². The van der Waals surface area contributed by atoms with E-state index in [9.17, 15) is 4.79 Å². The van der Waals surface area contributed by atoms with E-state index in [-0.39, 0.29) is 11.9 Å². The van der Waals surface area contributed by atoms with E-state index >= 15 is 0 Å². The Hall–Kier alpha value is -1.88. The van der Waals surface area contributed by atoms with Gasteiger partial charge < -0.3 is 5.32 Å². The molecule has 122 valence electrons. The van der Waals surface area contributed by atoms with Crippen LogP contribution < -0.4 is 5.32 Å². The van der Waals surface area contributed by atoms with E-state index in [0.717, 1.165) is 23.4 Å². The molecule has 1 aromatic carbocycles. The van der Waals surface area contributed by atoms with E-state index in [2.05, 4.69) is 53.4 Å². The van der Waals surface area contributed by atoms with Crippen molar-refractivity contribution in [2.75, 3.05) is 5.75 Å². The van der Waals surface area contributed by atoms with Crippen LogP contribution in [0.5, 0.6) is 0 Å². The number of nitrogens with one attached hydrogen (secondary N) is 1. The van der Waals surface area contributed by atoms with E-state index in [1.54, 1.807) is 0 Å². The third-order valence-corrected chi connectivity index (χ3v) is 4.36. The Kier molecular flexibility index (Phi) is 6.16. The number of nitrogens with zero attached hydrogens (tertiary/aromatic N) is 2. The van der Waals surface area contributed by atoms with Crippen LogP contribution in [0.4, 0.5) is 0 Å². The molecular weight excluding hydrogens is 306 g/mol.